The van der Waals surface area contributed by atoms with E-state index in [9.17, 15) is 4.79 Å². The number of rotatable bonds is 6. The van der Waals surface area contributed by atoms with Crippen molar-refractivity contribution in [3.8, 4) is 0 Å². The topological polar surface area (TPSA) is 59.4 Å². The van der Waals surface area contributed by atoms with E-state index in [4.69, 9.17) is 9.72 Å². The number of para-hydroxylation sites is 2. The number of anilines is 1. The summed E-state index contributed by atoms with van der Waals surface area (Å²) in [5, 5.41) is 5.47. The lowest BCUT2D eigenvalue weighted by atomic mass is 10.0. The SMILES string of the molecule is COCCn1c(N2CCC(NC(=O)c3ccc4ccccc4c3)CC2)nc2ccccc21. The van der Waals surface area contributed by atoms with E-state index >= 15 is 0 Å². The first kappa shape index (κ1) is 20.5. The maximum Gasteiger partial charge on any atom is 0.251 e. The fourth-order valence-corrected chi connectivity index (χ4v) is 4.53. The van der Waals surface area contributed by atoms with Crippen LogP contribution >= 0.6 is 0 Å². The number of carbonyl (C=O) groups is 1. The van der Waals surface area contributed by atoms with Gasteiger partial charge in [-0.25, -0.2) is 4.98 Å². The Bertz CT molecular complexity index is 1240. The van der Waals surface area contributed by atoms with Crippen molar-refractivity contribution in [1.82, 2.24) is 14.9 Å². The number of benzene rings is 3. The number of imidazole rings is 1. The first-order valence-electron chi connectivity index (χ1n) is 11.2. The van der Waals surface area contributed by atoms with Crippen molar-refractivity contribution in [3.63, 3.8) is 0 Å². The minimum Gasteiger partial charge on any atom is -0.383 e. The van der Waals surface area contributed by atoms with Gasteiger partial charge in [0.05, 0.1) is 17.6 Å². The predicted octanol–water partition coefficient (Wildman–Crippen LogP) is 4.23. The normalized spacial score (nSPS) is 14.8. The minimum absolute atomic E-state index is 0.00142. The van der Waals surface area contributed by atoms with Crippen molar-refractivity contribution in [2.45, 2.75) is 25.4 Å². The predicted molar refractivity (Wildman–Crippen MR) is 128 cm³/mol. The lowest BCUT2D eigenvalue weighted by Gasteiger charge is -2.33. The van der Waals surface area contributed by atoms with Gasteiger partial charge in [0.1, 0.15) is 0 Å². The third kappa shape index (κ3) is 4.06. The first-order valence-corrected chi connectivity index (χ1v) is 11.2. The van der Waals surface area contributed by atoms with Crippen LogP contribution in [0.4, 0.5) is 5.95 Å². The number of methoxy groups -OCH3 is 1. The summed E-state index contributed by atoms with van der Waals surface area (Å²) in [6, 6.07) is 22.4. The molecule has 0 atom stereocenters. The number of fused-ring (bicyclic) bond motifs is 2. The highest BCUT2D eigenvalue weighted by molar-refractivity contribution is 5.98. The number of carbonyl (C=O) groups excluding carboxylic acids is 1. The van der Waals surface area contributed by atoms with Crippen LogP contribution in [-0.4, -0.2) is 48.3 Å². The maximum absolute atomic E-state index is 12.8. The summed E-state index contributed by atoms with van der Waals surface area (Å²) in [6.07, 6.45) is 1.79. The van der Waals surface area contributed by atoms with Gasteiger partial charge in [0, 0.05) is 38.3 Å². The van der Waals surface area contributed by atoms with Gasteiger partial charge in [-0.15, -0.1) is 0 Å². The summed E-state index contributed by atoms with van der Waals surface area (Å²) >= 11 is 0. The van der Waals surface area contributed by atoms with Crippen molar-refractivity contribution in [3.05, 3.63) is 72.3 Å². The monoisotopic (exact) mass is 428 g/mol. The largest absolute Gasteiger partial charge is 0.383 e. The van der Waals surface area contributed by atoms with E-state index in [1.165, 1.54) is 0 Å². The molecule has 2 heterocycles. The highest BCUT2D eigenvalue weighted by Crippen LogP contribution is 2.25. The average Bonchev–Trinajstić information content (AvgIpc) is 3.21. The van der Waals surface area contributed by atoms with Gasteiger partial charge >= 0.3 is 0 Å². The van der Waals surface area contributed by atoms with E-state index in [0.29, 0.717) is 12.2 Å². The Labute approximate surface area is 187 Å². The number of hydrogen-bond donors (Lipinski definition) is 1. The van der Waals surface area contributed by atoms with E-state index in [1.807, 2.05) is 48.5 Å². The Kier molecular flexibility index (Phi) is 5.77. The van der Waals surface area contributed by atoms with Crippen molar-refractivity contribution in [2.75, 3.05) is 31.7 Å². The molecule has 0 aliphatic carbocycles. The fourth-order valence-electron chi connectivity index (χ4n) is 4.53. The van der Waals surface area contributed by atoms with Crippen LogP contribution in [0.5, 0.6) is 0 Å². The summed E-state index contributed by atoms with van der Waals surface area (Å²) < 4.78 is 7.56. The second-order valence-corrected chi connectivity index (χ2v) is 8.34. The highest BCUT2D eigenvalue weighted by atomic mass is 16.5. The Balaban J connectivity index is 1.26. The molecule has 3 aromatic carbocycles. The van der Waals surface area contributed by atoms with E-state index < -0.39 is 0 Å². The summed E-state index contributed by atoms with van der Waals surface area (Å²) in [4.78, 5) is 20.1. The second kappa shape index (κ2) is 9.01. The Hall–Kier alpha value is -3.38. The van der Waals surface area contributed by atoms with Crippen molar-refractivity contribution < 1.29 is 9.53 Å². The molecule has 1 saturated heterocycles. The molecule has 0 bridgehead atoms. The molecule has 1 aliphatic rings. The molecule has 1 aromatic heterocycles. The molecule has 1 aliphatic heterocycles. The number of aromatic nitrogens is 2. The quantitative estimate of drug-likeness (QED) is 0.499. The molecule has 1 N–H and O–H groups in total. The molecule has 0 unspecified atom stereocenters. The van der Waals surface area contributed by atoms with Crippen molar-refractivity contribution >= 4 is 33.7 Å². The molecule has 5 rings (SSSR count). The third-order valence-electron chi connectivity index (χ3n) is 6.28. The maximum atomic E-state index is 12.8. The molecule has 0 spiro atoms. The molecular weight excluding hydrogens is 400 g/mol. The molecule has 0 saturated carbocycles. The van der Waals surface area contributed by atoms with Crippen molar-refractivity contribution in [1.29, 1.82) is 0 Å². The van der Waals surface area contributed by atoms with E-state index in [2.05, 4.69) is 33.0 Å². The third-order valence-corrected chi connectivity index (χ3v) is 6.28. The van der Waals surface area contributed by atoms with Crippen LogP contribution in [0.1, 0.15) is 23.2 Å². The molecule has 1 amide bonds. The van der Waals surface area contributed by atoms with Gasteiger partial charge in [-0.2, -0.15) is 0 Å². The number of nitrogens with one attached hydrogen (secondary N) is 1. The van der Waals surface area contributed by atoms with Gasteiger partial charge in [0.25, 0.3) is 5.91 Å². The molecule has 1 fully saturated rings. The summed E-state index contributed by atoms with van der Waals surface area (Å²) in [5.74, 6) is 0.990. The number of ether oxygens (including phenoxy) is 1. The van der Waals surface area contributed by atoms with Crippen molar-refractivity contribution in [2.24, 2.45) is 0 Å². The Morgan fingerprint density at radius 1 is 1.03 bits per heavy atom. The number of hydrogen-bond acceptors (Lipinski definition) is 4. The molecular formula is C26H28N4O2. The van der Waals surface area contributed by atoms with Gasteiger partial charge in [0.2, 0.25) is 5.95 Å². The average molecular weight is 429 g/mol. The number of amides is 1. The number of nitrogens with zero attached hydrogens (tertiary/aromatic N) is 3. The minimum atomic E-state index is 0.00142. The summed E-state index contributed by atoms with van der Waals surface area (Å²) in [5.41, 5.74) is 2.85. The van der Waals surface area contributed by atoms with Gasteiger partial charge in [-0.05, 0) is 47.9 Å². The Morgan fingerprint density at radius 3 is 2.59 bits per heavy atom. The van der Waals surface area contributed by atoms with E-state index in [0.717, 1.165) is 60.2 Å². The molecule has 4 aromatic rings. The fraction of sp³-hybridized carbons (Fsp3) is 0.308. The van der Waals surface area contributed by atoms with Crippen LogP contribution in [0.3, 0.4) is 0 Å². The van der Waals surface area contributed by atoms with E-state index in [1.54, 1.807) is 7.11 Å². The molecule has 0 radical (unpaired) electrons. The summed E-state index contributed by atoms with van der Waals surface area (Å²) in [6.45, 7) is 3.13. The zero-order chi connectivity index (χ0) is 21.9. The van der Waals surface area contributed by atoms with Gasteiger partial charge in [0.15, 0.2) is 0 Å². The van der Waals surface area contributed by atoms with E-state index in [-0.39, 0.29) is 11.9 Å². The lowest BCUT2D eigenvalue weighted by Crippen LogP contribution is -2.45. The molecule has 164 valence electrons. The molecule has 32 heavy (non-hydrogen) atoms. The number of piperidine rings is 1. The Morgan fingerprint density at radius 2 is 1.78 bits per heavy atom. The van der Waals surface area contributed by atoms with Gasteiger partial charge in [-0.1, -0.05) is 42.5 Å². The van der Waals surface area contributed by atoms with Gasteiger partial charge < -0.3 is 19.5 Å². The van der Waals surface area contributed by atoms with Crippen LogP contribution in [0.15, 0.2) is 66.7 Å². The second-order valence-electron chi connectivity index (χ2n) is 8.34. The molecule has 6 nitrogen and oxygen atoms in total. The van der Waals surface area contributed by atoms with Crippen LogP contribution in [-0.2, 0) is 11.3 Å². The van der Waals surface area contributed by atoms with Crippen LogP contribution < -0.4 is 10.2 Å². The van der Waals surface area contributed by atoms with Crippen LogP contribution in [0.25, 0.3) is 21.8 Å². The van der Waals surface area contributed by atoms with Crippen LogP contribution in [0.2, 0.25) is 0 Å². The smallest absolute Gasteiger partial charge is 0.251 e. The zero-order valence-corrected chi connectivity index (χ0v) is 18.3. The van der Waals surface area contributed by atoms with Gasteiger partial charge in [-0.3, -0.25) is 4.79 Å². The zero-order valence-electron chi connectivity index (χ0n) is 18.3. The highest BCUT2D eigenvalue weighted by Gasteiger charge is 2.25. The van der Waals surface area contributed by atoms with Crippen LogP contribution in [0, 0.1) is 0 Å². The standard InChI is InChI=1S/C26H28N4O2/c1-32-17-16-30-24-9-5-4-8-23(24)28-26(30)29-14-12-22(13-15-29)27-25(31)21-11-10-19-6-2-3-7-20(19)18-21/h2-11,18,22H,12-17H2,1H3,(H,27,31). The first-order chi connectivity index (χ1) is 15.7. The molecule has 6 heteroatoms. The lowest BCUT2D eigenvalue weighted by molar-refractivity contribution is 0.0931. The summed E-state index contributed by atoms with van der Waals surface area (Å²) in [7, 11) is 1.72.